The molecule has 0 unspecified atom stereocenters. The standard InChI is InChI=1S/C17H20N6O3S3/c1-10(20-22-16(27)18-3)11(2)21-23-17(28)19-15-6-4-5-12-9-13(29(24,25)26)7-8-14(12)15/h4-9H,1-3H3,(H2,18,22,27)(H2,19,23,28)(H,24,25,26)/b20-10+,21-11-. The number of benzene rings is 2. The fourth-order valence-electron chi connectivity index (χ4n) is 2.17. The summed E-state index contributed by atoms with van der Waals surface area (Å²) in [5.74, 6) is 0. The summed E-state index contributed by atoms with van der Waals surface area (Å²) in [5, 5.41) is 16.0. The van der Waals surface area contributed by atoms with Crippen molar-refractivity contribution in [3.05, 3.63) is 36.4 Å². The van der Waals surface area contributed by atoms with Crippen LogP contribution in [0.4, 0.5) is 5.69 Å². The first kappa shape index (κ1) is 22.6. The van der Waals surface area contributed by atoms with E-state index >= 15 is 0 Å². The van der Waals surface area contributed by atoms with E-state index in [-0.39, 0.29) is 10.0 Å². The van der Waals surface area contributed by atoms with Crippen LogP contribution in [0.5, 0.6) is 0 Å². The summed E-state index contributed by atoms with van der Waals surface area (Å²) < 4.78 is 31.8. The Kier molecular flexibility index (Phi) is 7.56. The predicted molar refractivity (Wildman–Crippen MR) is 124 cm³/mol. The normalized spacial score (nSPS) is 12.4. The molecule has 0 aliphatic heterocycles. The van der Waals surface area contributed by atoms with Crippen LogP contribution in [0, 0.1) is 0 Å². The van der Waals surface area contributed by atoms with Crippen LogP contribution >= 0.6 is 24.4 Å². The zero-order valence-corrected chi connectivity index (χ0v) is 18.3. The monoisotopic (exact) mass is 452 g/mol. The maximum Gasteiger partial charge on any atom is 0.294 e. The smallest absolute Gasteiger partial charge is 0.294 e. The van der Waals surface area contributed by atoms with Gasteiger partial charge in [0.1, 0.15) is 0 Å². The Morgan fingerprint density at radius 3 is 2.21 bits per heavy atom. The number of thiocarbonyl (C=S) groups is 2. The Labute approximate surface area is 179 Å². The molecule has 0 saturated carbocycles. The Balaban J connectivity index is 2.12. The molecule has 29 heavy (non-hydrogen) atoms. The summed E-state index contributed by atoms with van der Waals surface area (Å²) in [7, 11) is -2.59. The molecule has 0 aliphatic carbocycles. The Morgan fingerprint density at radius 2 is 1.62 bits per heavy atom. The van der Waals surface area contributed by atoms with Crippen molar-refractivity contribution in [3.8, 4) is 0 Å². The third-order valence-electron chi connectivity index (χ3n) is 3.80. The minimum Gasteiger partial charge on any atom is -0.364 e. The van der Waals surface area contributed by atoms with E-state index < -0.39 is 10.1 Å². The second kappa shape index (κ2) is 9.69. The van der Waals surface area contributed by atoms with Crippen LogP contribution in [-0.4, -0.2) is 41.7 Å². The topological polar surface area (TPSA) is 127 Å². The van der Waals surface area contributed by atoms with E-state index in [1.54, 1.807) is 45.2 Å². The zero-order chi connectivity index (χ0) is 21.6. The van der Waals surface area contributed by atoms with Crippen molar-refractivity contribution in [1.29, 1.82) is 0 Å². The van der Waals surface area contributed by atoms with Gasteiger partial charge in [-0.05, 0) is 61.9 Å². The highest BCUT2D eigenvalue weighted by atomic mass is 32.2. The second-order valence-corrected chi connectivity index (χ2v) is 8.05. The molecule has 2 rings (SSSR count). The molecule has 0 bridgehead atoms. The lowest BCUT2D eigenvalue weighted by Gasteiger charge is -2.11. The minimum absolute atomic E-state index is 0.177. The van der Waals surface area contributed by atoms with E-state index in [0.29, 0.717) is 27.6 Å². The lowest BCUT2D eigenvalue weighted by Crippen LogP contribution is -2.30. The van der Waals surface area contributed by atoms with Gasteiger partial charge in [-0.25, -0.2) is 0 Å². The number of nitrogens with zero attached hydrogens (tertiary/aromatic N) is 2. The molecule has 5 N–H and O–H groups in total. The van der Waals surface area contributed by atoms with Gasteiger partial charge in [-0.3, -0.25) is 15.4 Å². The average Bonchev–Trinajstić information content (AvgIpc) is 2.69. The van der Waals surface area contributed by atoms with Crippen LogP contribution in [0.25, 0.3) is 10.8 Å². The third kappa shape index (κ3) is 6.42. The molecule has 0 fully saturated rings. The van der Waals surface area contributed by atoms with Gasteiger partial charge in [-0.1, -0.05) is 18.2 Å². The van der Waals surface area contributed by atoms with Gasteiger partial charge >= 0.3 is 0 Å². The fraction of sp³-hybridized carbons (Fsp3) is 0.176. The van der Waals surface area contributed by atoms with Gasteiger partial charge in [-0.2, -0.15) is 18.6 Å². The van der Waals surface area contributed by atoms with Crippen molar-refractivity contribution >= 4 is 72.7 Å². The Morgan fingerprint density at radius 1 is 1.00 bits per heavy atom. The minimum atomic E-state index is -4.27. The van der Waals surface area contributed by atoms with Crippen molar-refractivity contribution < 1.29 is 13.0 Å². The summed E-state index contributed by atoms with van der Waals surface area (Å²) in [5.41, 5.74) is 7.25. The summed E-state index contributed by atoms with van der Waals surface area (Å²) in [6.07, 6.45) is 0. The van der Waals surface area contributed by atoms with Gasteiger partial charge in [-0.15, -0.1) is 0 Å². The van der Waals surface area contributed by atoms with Crippen LogP contribution in [0.15, 0.2) is 51.5 Å². The summed E-state index contributed by atoms with van der Waals surface area (Å²) in [6.45, 7) is 3.52. The average molecular weight is 453 g/mol. The first-order valence-electron chi connectivity index (χ1n) is 8.25. The number of fused-ring (bicyclic) bond motifs is 1. The van der Waals surface area contributed by atoms with Gasteiger partial charge in [0.25, 0.3) is 10.1 Å². The van der Waals surface area contributed by atoms with E-state index in [0.717, 1.165) is 5.39 Å². The molecule has 0 heterocycles. The van der Waals surface area contributed by atoms with Crippen LogP contribution in [-0.2, 0) is 10.1 Å². The molecule has 0 radical (unpaired) electrons. The lowest BCUT2D eigenvalue weighted by molar-refractivity contribution is 0.483. The number of rotatable bonds is 5. The lowest BCUT2D eigenvalue weighted by atomic mass is 10.1. The highest BCUT2D eigenvalue weighted by molar-refractivity contribution is 7.85. The van der Waals surface area contributed by atoms with Crippen LogP contribution in [0.2, 0.25) is 0 Å². The molecular formula is C17H20N6O3S3. The SMILES string of the molecule is CNC(=S)N/N=C(C)/C(C)=N\NC(=S)Nc1cccc2cc(S(=O)(=O)O)ccc12. The van der Waals surface area contributed by atoms with Crippen LogP contribution in [0.3, 0.4) is 0 Å². The number of hydrogen-bond donors (Lipinski definition) is 5. The maximum atomic E-state index is 11.3. The number of hydrogen-bond acceptors (Lipinski definition) is 6. The van der Waals surface area contributed by atoms with Crippen LogP contribution in [0.1, 0.15) is 13.8 Å². The highest BCUT2D eigenvalue weighted by Crippen LogP contribution is 2.26. The quantitative estimate of drug-likeness (QED) is 0.201. The second-order valence-electron chi connectivity index (χ2n) is 5.81. The first-order chi connectivity index (χ1) is 13.6. The Bertz CT molecular complexity index is 1110. The van der Waals surface area contributed by atoms with Crippen molar-refractivity contribution in [2.75, 3.05) is 12.4 Å². The molecular weight excluding hydrogens is 432 g/mol. The molecule has 0 amide bonds. The highest BCUT2D eigenvalue weighted by Gasteiger charge is 2.11. The van der Waals surface area contributed by atoms with Gasteiger partial charge in [0.15, 0.2) is 10.2 Å². The summed E-state index contributed by atoms with van der Waals surface area (Å²) >= 11 is 10.2. The van der Waals surface area contributed by atoms with E-state index in [1.165, 1.54) is 12.1 Å². The molecule has 2 aromatic carbocycles. The summed E-state index contributed by atoms with van der Waals surface area (Å²) in [6, 6.07) is 9.56. The molecule has 0 aliphatic rings. The molecule has 0 spiro atoms. The summed E-state index contributed by atoms with van der Waals surface area (Å²) in [4.78, 5) is -0.177. The molecule has 12 heteroatoms. The van der Waals surface area contributed by atoms with E-state index in [1.807, 2.05) is 0 Å². The van der Waals surface area contributed by atoms with Crippen molar-refractivity contribution in [2.24, 2.45) is 10.2 Å². The van der Waals surface area contributed by atoms with Gasteiger partial charge in [0.2, 0.25) is 0 Å². The van der Waals surface area contributed by atoms with Gasteiger partial charge < -0.3 is 10.6 Å². The number of hydrazone groups is 2. The first-order valence-corrected chi connectivity index (χ1v) is 10.5. The molecule has 0 aromatic heterocycles. The van der Waals surface area contributed by atoms with Crippen LogP contribution < -0.4 is 21.5 Å². The Hall–Kier alpha value is -2.67. The molecule has 0 atom stereocenters. The molecule has 2 aromatic rings. The predicted octanol–water partition coefficient (Wildman–Crippen LogP) is 2.22. The molecule has 154 valence electrons. The zero-order valence-electron chi connectivity index (χ0n) is 15.8. The van der Waals surface area contributed by atoms with Crippen molar-refractivity contribution in [2.45, 2.75) is 18.7 Å². The number of anilines is 1. The molecule has 0 saturated heterocycles. The van der Waals surface area contributed by atoms with E-state index in [4.69, 9.17) is 24.4 Å². The van der Waals surface area contributed by atoms with Gasteiger partial charge in [0, 0.05) is 18.1 Å². The molecule has 9 nitrogen and oxygen atoms in total. The maximum absolute atomic E-state index is 11.3. The third-order valence-corrected chi connectivity index (χ3v) is 5.14. The largest absolute Gasteiger partial charge is 0.364 e. The van der Waals surface area contributed by atoms with E-state index in [9.17, 15) is 13.0 Å². The number of nitrogens with one attached hydrogen (secondary N) is 4. The van der Waals surface area contributed by atoms with Crippen molar-refractivity contribution in [3.63, 3.8) is 0 Å². The van der Waals surface area contributed by atoms with Gasteiger partial charge in [0.05, 0.1) is 16.3 Å². The fourth-order valence-corrected chi connectivity index (χ4v) is 2.89. The van der Waals surface area contributed by atoms with Crippen molar-refractivity contribution in [1.82, 2.24) is 16.2 Å². The van der Waals surface area contributed by atoms with E-state index in [2.05, 4.69) is 31.7 Å².